The summed E-state index contributed by atoms with van der Waals surface area (Å²) in [6.07, 6.45) is 1.77. The average molecular weight is 266 g/mol. The minimum Gasteiger partial charge on any atom is -0.496 e. The lowest BCUT2D eigenvalue weighted by Crippen LogP contribution is -2.11. The van der Waals surface area contributed by atoms with Crippen molar-refractivity contribution in [2.75, 3.05) is 21.3 Å². The molecule has 1 atom stereocenters. The van der Waals surface area contributed by atoms with Crippen molar-refractivity contribution in [2.24, 2.45) is 0 Å². The van der Waals surface area contributed by atoms with Gasteiger partial charge in [0.15, 0.2) is 11.5 Å². The van der Waals surface area contributed by atoms with Gasteiger partial charge in [-0.15, -0.1) is 0 Å². The highest BCUT2D eigenvalue weighted by atomic mass is 16.5. The number of esters is 1. The van der Waals surface area contributed by atoms with Crippen LogP contribution >= 0.6 is 0 Å². The molecule has 0 bridgehead atoms. The van der Waals surface area contributed by atoms with Crippen LogP contribution in [0.15, 0.2) is 12.1 Å². The number of benzene rings is 1. The molecule has 0 spiro atoms. The normalized spacial score (nSPS) is 18.1. The molecule has 5 heteroatoms. The maximum atomic E-state index is 11.1. The summed E-state index contributed by atoms with van der Waals surface area (Å²) < 4.78 is 21.1. The second kappa shape index (κ2) is 5.82. The summed E-state index contributed by atoms with van der Waals surface area (Å²) >= 11 is 0. The van der Waals surface area contributed by atoms with Crippen LogP contribution in [0.4, 0.5) is 0 Å². The number of methoxy groups -OCH3 is 3. The minimum atomic E-state index is -0.135. The molecule has 1 aromatic carbocycles. The summed E-state index contributed by atoms with van der Waals surface area (Å²) in [7, 11) is 4.77. The predicted octanol–water partition coefficient (Wildman–Crippen LogP) is 1.96. The molecule has 1 aliphatic rings. The predicted molar refractivity (Wildman–Crippen MR) is 68.9 cm³/mol. The first-order valence-corrected chi connectivity index (χ1v) is 6.16. The second-order valence-corrected chi connectivity index (χ2v) is 4.37. The van der Waals surface area contributed by atoms with E-state index in [9.17, 15) is 4.79 Å². The molecule has 1 aromatic rings. The van der Waals surface area contributed by atoms with Gasteiger partial charge in [0.25, 0.3) is 0 Å². The Bertz CT molecular complexity index is 469. The quantitative estimate of drug-likeness (QED) is 0.762. The van der Waals surface area contributed by atoms with Crippen LogP contribution in [0.3, 0.4) is 0 Å². The fourth-order valence-corrected chi connectivity index (χ4v) is 2.22. The molecule has 0 radical (unpaired) electrons. The van der Waals surface area contributed by atoms with E-state index in [0.717, 1.165) is 12.0 Å². The van der Waals surface area contributed by atoms with Crippen molar-refractivity contribution in [3.05, 3.63) is 17.7 Å². The van der Waals surface area contributed by atoms with Crippen LogP contribution in [0.2, 0.25) is 0 Å². The lowest BCUT2D eigenvalue weighted by Gasteiger charge is -2.16. The SMILES string of the molecule is COc1cc(OC)c(OC)cc1CC1CCC(=O)O1. The number of carbonyl (C=O) groups is 1. The van der Waals surface area contributed by atoms with Gasteiger partial charge in [0.1, 0.15) is 11.9 Å². The highest BCUT2D eigenvalue weighted by molar-refractivity contribution is 5.71. The average Bonchev–Trinajstić information content (AvgIpc) is 2.83. The lowest BCUT2D eigenvalue weighted by molar-refractivity contribution is -0.141. The van der Waals surface area contributed by atoms with Crippen molar-refractivity contribution >= 4 is 5.97 Å². The van der Waals surface area contributed by atoms with Gasteiger partial charge in [0.05, 0.1) is 21.3 Å². The van der Waals surface area contributed by atoms with Crippen LogP contribution in [0.5, 0.6) is 17.2 Å². The number of carbonyl (C=O) groups excluding carboxylic acids is 1. The van der Waals surface area contributed by atoms with Crippen molar-refractivity contribution < 1.29 is 23.7 Å². The Labute approximate surface area is 112 Å². The molecule has 1 saturated heterocycles. The van der Waals surface area contributed by atoms with Crippen LogP contribution in [-0.2, 0) is 16.0 Å². The molecule has 1 aliphatic heterocycles. The van der Waals surface area contributed by atoms with Crippen LogP contribution in [0.25, 0.3) is 0 Å². The molecule has 0 amide bonds. The van der Waals surface area contributed by atoms with E-state index in [-0.39, 0.29) is 12.1 Å². The topological polar surface area (TPSA) is 54.0 Å². The molecule has 0 aliphatic carbocycles. The van der Waals surface area contributed by atoms with Gasteiger partial charge in [-0.25, -0.2) is 0 Å². The summed E-state index contributed by atoms with van der Waals surface area (Å²) in [6.45, 7) is 0. The maximum absolute atomic E-state index is 11.1. The largest absolute Gasteiger partial charge is 0.496 e. The monoisotopic (exact) mass is 266 g/mol. The zero-order valence-corrected chi connectivity index (χ0v) is 11.4. The van der Waals surface area contributed by atoms with Gasteiger partial charge < -0.3 is 18.9 Å². The van der Waals surface area contributed by atoms with E-state index >= 15 is 0 Å². The first kappa shape index (κ1) is 13.5. The van der Waals surface area contributed by atoms with Crippen LogP contribution in [0.1, 0.15) is 18.4 Å². The van der Waals surface area contributed by atoms with Crippen molar-refractivity contribution in [1.29, 1.82) is 0 Å². The number of ether oxygens (including phenoxy) is 4. The molecule has 104 valence electrons. The molecular weight excluding hydrogens is 248 g/mol. The van der Waals surface area contributed by atoms with E-state index in [1.807, 2.05) is 6.07 Å². The summed E-state index contributed by atoms with van der Waals surface area (Å²) in [5, 5.41) is 0. The summed E-state index contributed by atoms with van der Waals surface area (Å²) in [6, 6.07) is 3.65. The third-order valence-corrected chi connectivity index (χ3v) is 3.20. The Kier molecular flexibility index (Phi) is 4.14. The Morgan fingerprint density at radius 1 is 1.11 bits per heavy atom. The number of hydrogen-bond acceptors (Lipinski definition) is 5. The first-order chi connectivity index (χ1) is 9.17. The smallest absolute Gasteiger partial charge is 0.306 e. The lowest BCUT2D eigenvalue weighted by atomic mass is 10.0. The van der Waals surface area contributed by atoms with Crippen LogP contribution in [-0.4, -0.2) is 33.4 Å². The molecule has 2 rings (SSSR count). The molecular formula is C14H18O5. The van der Waals surface area contributed by atoms with E-state index in [1.165, 1.54) is 0 Å². The summed E-state index contributed by atoms with van der Waals surface area (Å²) in [5.74, 6) is 1.83. The number of hydrogen-bond donors (Lipinski definition) is 0. The molecule has 1 heterocycles. The van der Waals surface area contributed by atoms with Crippen LogP contribution < -0.4 is 14.2 Å². The molecule has 0 N–H and O–H groups in total. The van der Waals surface area contributed by atoms with Gasteiger partial charge in [0.2, 0.25) is 0 Å². The zero-order chi connectivity index (χ0) is 13.8. The Morgan fingerprint density at radius 2 is 1.74 bits per heavy atom. The summed E-state index contributed by atoms with van der Waals surface area (Å²) in [4.78, 5) is 11.1. The van der Waals surface area contributed by atoms with E-state index in [1.54, 1.807) is 27.4 Å². The highest BCUT2D eigenvalue weighted by Crippen LogP contribution is 2.36. The van der Waals surface area contributed by atoms with Gasteiger partial charge in [-0.3, -0.25) is 4.79 Å². The standard InChI is InChI=1S/C14H18O5/c1-16-11-8-13(18-3)12(17-2)7-9(11)6-10-4-5-14(15)19-10/h7-8,10H,4-6H2,1-3H3. The fraction of sp³-hybridized carbons (Fsp3) is 0.500. The minimum absolute atomic E-state index is 0.0838. The third kappa shape index (κ3) is 2.92. The molecule has 19 heavy (non-hydrogen) atoms. The number of rotatable bonds is 5. The zero-order valence-electron chi connectivity index (χ0n) is 11.4. The molecule has 5 nitrogen and oxygen atoms in total. The van der Waals surface area contributed by atoms with E-state index < -0.39 is 0 Å². The first-order valence-electron chi connectivity index (χ1n) is 6.16. The van der Waals surface area contributed by atoms with Gasteiger partial charge >= 0.3 is 5.97 Å². The summed E-state index contributed by atoms with van der Waals surface area (Å²) in [5.41, 5.74) is 0.944. The molecule has 0 saturated carbocycles. The Hall–Kier alpha value is -1.91. The van der Waals surface area contributed by atoms with Crippen molar-refractivity contribution in [1.82, 2.24) is 0 Å². The Balaban J connectivity index is 2.25. The van der Waals surface area contributed by atoms with Crippen molar-refractivity contribution in [2.45, 2.75) is 25.4 Å². The van der Waals surface area contributed by atoms with Gasteiger partial charge in [-0.05, 0) is 12.5 Å². The second-order valence-electron chi connectivity index (χ2n) is 4.37. The van der Waals surface area contributed by atoms with Gasteiger partial charge in [0, 0.05) is 24.5 Å². The molecule has 1 fully saturated rings. The van der Waals surface area contributed by atoms with Gasteiger partial charge in [-0.2, -0.15) is 0 Å². The third-order valence-electron chi connectivity index (χ3n) is 3.20. The van der Waals surface area contributed by atoms with Crippen molar-refractivity contribution in [3.63, 3.8) is 0 Å². The molecule has 1 unspecified atom stereocenters. The van der Waals surface area contributed by atoms with E-state index in [2.05, 4.69) is 0 Å². The van der Waals surface area contributed by atoms with E-state index in [0.29, 0.717) is 30.1 Å². The maximum Gasteiger partial charge on any atom is 0.306 e. The van der Waals surface area contributed by atoms with Crippen molar-refractivity contribution in [3.8, 4) is 17.2 Å². The highest BCUT2D eigenvalue weighted by Gasteiger charge is 2.25. The van der Waals surface area contributed by atoms with Crippen LogP contribution in [0, 0.1) is 0 Å². The fourth-order valence-electron chi connectivity index (χ4n) is 2.22. The molecule has 0 aromatic heterocycles. The Morgan fingerprint density at radius 3 is 2.26 bits per heavy atom. The van der Waals surface area contributed by atoms with E-state index in [4.69, 9.17) is 18.9 Å². The number of cyclic esters (lactones) is 1. The van der Waals surface area contributed by atoms with Gasteiger partial charge in [-0.1, -0.05) is 0 Å².